The average molecular weight is 233 g/mol. The van der Waals surface area contributed by atoms with Gasteiger partial charge in [0, 0.05) is 6.54 Å². The summed E-state index contributed by atoms with van der Waals surface area (Å²) < 4.78 is 0. The summed E-state index contributed by atoms with van der Waals surface area (Å²) in [6.07, 6.45) is 4.83. The molecule has 1 saturated carbocycles. The minimum Gasteiger partial charge on any atom is -0.384 e. The van der Waals surface area contributed by atoms with Crippen molar-refractivity contribution in [3.05, 3.63) is 23.9 Å². The van der Waals surface area contributed by atoms with Crippen molar-refractivity contribution < 1.29 is 4.79 Å². The van der Waals surface area contributed by atoms with E-state index in [1.165, 1.54) is 19.3 Å². The van der Waals surface area contributed by atoms with Crippen LogP contribution in [0.4, 0.5) is 5.82 Å². The van der Waals surface area contributed by atoms with Crippen LogP contribution in [0.5, 0.6) is 0 Å². The fourth-order valence-corrected chi connectivity index (χ4v) is 2.27. The summed E-state index contributed by atoms with van der Waals surface area (Å²) in [5.41, 5.74) is 6.28. The number of aromatic nitrogens is 1. The van der Waals surface area contributed by atoms with Crippen LogP contribution in [0.1, 0.15) is 43.1 Å². The van der Waals surface area contributed by atoms with E-state index in [0.717, 1.165) is 13.0 Å². The average Bonchev–Trinajstić information content (AvgIpc) is 2.28. The van der Waals surface area contributed by atoms with Gasteiger partial charge < -0.3 is 11.1 Å². The fourth-order valence-electron chi connectivity index (χ4n) is 2.27. The van der Waals surface area contributed by atoms with Crippen LogP contribution in [0.25, 0.3) is 0 Å². The van der Waals surface area contributed by atoms with Crippen molar-refractivity contribution in [3.8, 4) is 0 Å². The summed E-state index contributed by atoms with van der Waals surface area (Å²) in [5, 5.41) is 2.96. The molecule has 1 amide bonds. The Labute approximate surface area is 102 Å². The molecule has 1 fully saturated rings. The van der Waals surface area contributed by atoms with Crippen molar-refractivity contribution in [1.29, 1.82) is 0 Å². The smallest absolute Gasteiger partial charge is 0.269 e. The molecule has 1 aromatic rings. The van der Waals surface area contributed by atoms with Gasteiger partial charge >= 0.3 is 0 Å². The molecule has 1 aromatic heterocycles. The number of hydrogen-bond acceptors (Lipinski definition) is 3. The highest BCUT2D eigenvalue weighted by Crippen LogP contribution is 2.43. The van der Waals surface area contributed by atoms with Crippen LogP contribution in [0.2, 0.25) is 0 Å². The first kappa shape index (κ1) is 11.9. The third kappa shape index (κ3) is 2.57. The second kappa shape index (κ2) is 4.73. The Morgan fingerprint density at radius 1 is 1.53 bits per heavy atom. The largest absolute Gasteiger partial charge is 0.384 e. The molecule has 1 heterocycles. The van der Waals surface area contributed by atoms with Crippen LogP contribution in [0.3, 0.4) is 0 Å². The highest BCUT2D eigenvalue weighted by molar-refractivity contribution is 5.92. The lowest BCUT2D eigenvalue weighted by Gasteiger charge is -2.41. The molecule has 0 aliphatic heterocycles. The lowest BCUT2D eigenvalue weighted by molar-refractivity contribution is 0.0845. The van der Waals surface area contributed by atoms with Crippen molar-refractivity contribution in [1.82, 2.24) is 10.3 Å². The van der Waals surface area contributed by atoms with Gasteiger partial charge in [-0.05, 0) is 36.8 Å². The quantitative estimate of drug-likeness (QED) is 0.835. The topological polar surface area (TPSA) is 68.0 Å². The van der Waals surface area contributed by atoms with E-state index < -0.39 is 0 Å². The first-order valence-corrected chi connectivity index (χ1v) is 6.16. The number of nitrogen functional groups attached to an aromatic ring is 1. The Hall–Kier alpha value is -1.58. The zero-order valence-corrected chi connectivity index (χ0v) is 10.2. The Morgan fingerprint density at radius 2 is 2.29 bits per heavy atom. The molecule has 0 spiro atoms. The number of anilines is 1. The summed E-state index contributed by atoms with van der Waals surface area (Å²) in [6, 6.07) is 5.11. The molecule has 0 aromatic carbocycles. The number of pyridine rings is 1. The predicted octanol–water partition coefficient (Wildman–Crippen LogP) is 1.97. The van der Waals surface area contributed by atoms with E-state index >= 15 is 0 Å². The maximum absolute atomic E-state index is 11.9. The molecule has 0 radical (unpaired) electrons. The number of nitrogens with one attached hydrogen (secondary N) is 1. The predicted molar refractivity (Wildman–Crippen MR) is 67.6 cm³/mol. The molecule has 4 heteroatoms. The minimum atomic E-state index is -0.128. The molecule has 4 nitrogen and oxygen atoms in total. The Morgan fingerprint density at radius 3 is 2.82 bits per heavy atom. The molecule has 0 unspecified atom stereocenters. The normalized spacial score (nSPS) is 17.2. The van der Waals surface area contributed by atoms with Crippen LogP contribution in [0, 0.1) is 5.41 Å². The minimum absolute atomic E-state index is 0.128. The molecule has 1 aliphatic rings. The summed E-state index contributed by atoms with van der Waals surface area (Å²) in [7, 11) is 0. The Bertz CT molecular complexity index is 407. The molecular weight excluding hydrogens is 214 g/mol. The van der Waals surface area contributed by atoms with Crippen LogP contribution >= 0.6 is 0 Å². The van der Waals surface area contributed by atoms with Gasteiger partial charge in [0.15, 0.2) is 0 Å². The number of carbonyl (C=O) groups is 1. The molecule has 92 valence electrons. The summed E-state index contributed by atoms with van der Waals surface area (Å²) in [6.45, 7) is 2.93. The standard InChI is InChI=1S/C13H19N3O/c1-2-13(7-4-8-13)9-15-12(17)10-5-3-6-11(14)16-10/h3,5-6H,2,4,7-9H2,1H3,(H2,14,16)(H,15,17). The van der Waals surface area contributed by atoms with E-state index in [1.807, 2.05) is 0 Å². The third-order valence-electron chi connectivity index (χ3n) is 3.79. The van der Waals surface area contributed by atoms with E-state index in [0.29, 0.717) is 16.9 Å². The highest BCUT2D eigenvalue weighted by Gasteiger charge is 2.35. The van der Waals surface area contributed by atoms with Crippen molar-refractivity contribution in [2.45, 2.75) is 32.6 Å². The second-order valence-corrected chi connectivity index (χ2v) is 4.84. The second-order valence-electron chi connectivity index (χ2n) is 4.84. The first-order valence-electron chi connectivity index (χ1n) is 6.16. The number of rotatable bonds is 4. The summed E-state index contributed by atoms with van der Waals surface area (Å²) in [4.78, 5) is 15.9. The van der Waals surface area contributed by atoms with Crippen LogP contribution in [0.15, 0.2) is 18.2 Å². The summed E-state index contributed by atoms with van der Waals surface area (Å²) in [5.74, 6) is 0.253. The zero-order valence-electron chi connectivity index (χ0n) is 10.2. The molecule has 1 aliphatic carbocycles. The monoisotopic (exact) mass is 233 g/mol. The molecule has 0 bridgehead atoms. The number of hydrogen-bond donors (Lipinski definition) is 2. The summed E-state index contributed by atoms with van der Waals surface area (Å²) >= 11 is 0. The molecule has 2 rings (SSSR count). The first-order chi connectivity index (χ1) is 8.15. The third-order valence-corrected chi connectivity index (χ3v) is 3.79. The molecule has 17 heavy (non-hydrogen) atoms. The maximum atomic E-state index is 11.9. The Kier molecular flexibility index (Phi) is 3.31. The van der Waals surface area contributed by atoms with Gasteiger partial charge in [-0.15, -0.1) is 0 Å². The van der Waals surface area contributed by atoms with Crippen LogP contribution in [-0.4, -0.2) is 17.4 Å². The maximum Gasteiger partial charge on any atom is 0.269 e. The van der Waals surface area contributed by atoms with Crippen LogP contribution < -0.4 is 11.1 Å². The number of carbonyl (C=O) groups excluding carboxylic acids is 1. The number of nitrogens with two attached hydrogens (primary N) is 1. The van der Waals surface area contributed by atoms with Gasteiger partial charge in [0.25, 0.3) is 5.91 Å². The van der Waals surface area contributed by atoms with Crippen molar-refractivity contribution in [2.24, 2.45) is 5.41 Å². The van der Waals surface area contributed by atoms with E-state index in [4.69, 9.17) is 5.73 Å². The molecule has 0 saturated heterocycles. The van der Waals surface area contributed by atoms with Crippen LogP contribution in [-0.2, 0) is 0 Å². The fraction of sp³-hybridized carbons (Fsp3) is 0.538. The van der Waals surface area contributed by atoms with Crippen molar-refractivity contribution in [2.75, 3.05) is 12.3 Å². The molecule has 3 N–H and O–H groups in total. The lowest BCUT2D eigenvalue weighted by atomic mass is 9.67. The van der Waals surface area contributed by atoms with E-state index in [-0.39, 0.29) is 5.91 Å². The van der Waals surface area contributed by atoms with E-state index in [2.05, 4.69) is 17.2 Å². The SMILES string of the molecule is CCC1(CNC(=O)c2cccc(N)n2)CCC1. The lowest BCUT2D eigenvalue weighted by Crippen LogP contribution is -2.41. The van der Waals surface area contributed by atoms with E-state index in [9.17, 15) is 4.79 Å². The van der Waals surface area contributed by atoms with E-state index in [1.54, 1.807) is 18.2 Å². The van der Waals surface area contributed by atoms with Crippen molar-refractivity contribution in [3.63, 3.8) is 0 Å². The van der Waals surface area contributed by atoms with Gasteiger partial charge in [-0.3, -0.25) is 4.79 Å². The number of amides is 1. The molecular formula is C13H19N3O. The number of nitrogens with zero attached hydrogens (tertiary/aromatic N) is 1. The van der Waals surface area contributed by atoms with Gasteiger partial charge in [-0.25, -0.2) is 4.98 Å². The van der Waals surface area contributed by atoms with Gasteiger partial charge in [0.1, 0.15) is 11.5 Å². The van der Waals surface area contributed by atoms with Gasteiger partial charge in [0.05, 0.1) is 0 Å². The zero-order chi connectivity index (χ0) is 12.3. The van der Waals surface area contributed by atoms with Gasteiger partial charge in [-0.2, -0.15) is 0 Å². The highest BCUT2D eigenvalue weighted by atomic mass is 16.1. The Balaban J connectivity index is 1.93. The van der Waals surface area contributed by atoms with Gasteiger partial charge in [-0.1, -0.05) is 19.4 Å². The van der Waals surface area contributed by atoms with Crippen molar-refractivity contribution >= 4 is 11.7 Å². The van der Waals surface area contributed by atoms with Gasteiger partial charge in [0.2, 0.25) is 0 Å². The molecule has 0 atom stereocenters.